The molecule has 0 aromatic heterocycles. The number of hydrogen-bond donors (Lipinski definition) is 1. The minimum atomic E-state index is -0.00453. The maximum absolute atomic E-state index is 12.5. The number of nitrogens with one attached hydrogen (secondary N) is 1. The van der Waals surface area contributed by atoms with Crippen LogP contribution in [0.3, 0.4) is 0 Å². The molecule has 2 amide bonds. The van der Waals surface area contributed by atoms with E-state index < -0.39 is 0 Å². The van der Waals surface area contributed by atoms with E-state index in [1.165, 1.54) is 5.69 Å². The van der Waals surface area contributed by atoms with E-state index in [1.807, 2.05) is 43.0 Å². The van der Waals surface area contributed by atoms with Crippen LogP contribution in [0.4, 0.5) is 16.2 Å². The molecule has 3 rings (SSSR count). The first-order valence-electron chi connectivity index (χ1n) is 8.07. The number of aryl methyl sites for hydroxylation is 2. The van der Waals surface area contributed by atoms with Gasteiger partial charge in [0.1, 0.15) is 0 Å². The van der Waals surface area contributed by atoms with Gasteiger partial charge in [-0.05, 0) is 37.1 Å². The molecule has 0 atom stereocenters. The van der Waals surface area contributed by atoms with Crippen LogP contribution in [-0.2, 0) is 0 Å². The lowest BCUT2D eigenvalue weighted by molar-refractivity contribution is 0.208. The highest BCUT2D eigenvalue weighted by atomic mass is 16.2. The third kappa shape index (κ3) is 3.47. The molecule has 4 heteroatoms. The number of carbonyl (C=O) groups is 1. The lowest BCUT2D eigenvalue weighted by Crippen LogP contribution is -2.50. The van der Waals surface area contributed by atoms with Crippen molar-refractivity contribution in [1.29, 1.82) is 0 Å². The van der Waals surface area contributed by atoms with E-state index >= 15 is 0 Å². The summed E-state index contributed by atoms with van der Waals surface area (Å²) in [6.45, 7) is 7.26. The molecule has 0 radical (unpaired) electrons. The second-order valence-corrected chi connectivity index (χ2v) is 6.01. The van der Waals surface area contributed by atoms with Gasteiger partial charge in [-0.25, -0.2) is 4.79 Å². The normalized spacial score (nSPS) is 14.7. The quantitative estimate of drug-likeness (QED) is 0.919. The third-order valence-corrected chi connectivity index (χ3v) is 4.40. The molecular formula is C19H23N3O. The Labute approximate surface area is 137 Å². The van der Waals surface area contributed by atoms with Gasteiger partial charge < -0.3 is 15.1 Å². The van der Waals surface area contributed by atoms with Gasteiger partial charge in [0, 0.05) is 37.6 Å². The zero-order valence-electron chi connectivity index (χ0n) is 13.7. The minimum absolute atomic E-state index is 0.00453. The van der Waals surface area contributed by atoms with Crippen molar-refractivity contribution in [2.24, 2.45) is 0 Å². The number of para-hydroxylation sites is 2. The summed E-state index contributed by atoms with van der Waals surface area (Å²) in [5.74, 6) is 0. The van der Waals surface area contributed by atoms with Crippen molar-refractivity contribution in [1.82, 2.24) is 4.90 Å². The molecule has 1 fully saturated rings. The standard InChI is InChI=1S/C19H23N3O/c1-15-7-6-8-16(2)18(15)20-19(23)22-13-11-21(12-14-22)17-9-4-3-5-10-17/h3-10H,11-14H2,1-2H3,(H,20,23). The third-order valence-electron chi connectivity index (χ3n) is 4.40. The summed E-state index contributed by atoms with van der Waals surface area (Å²) < 4.78 is 0. The van der Waals surface area contributed by atoms with Crippen LogP contribution in [0.15, 0.2) is 48.5 Å². The van der Waals surface area contributed by atoms with Crippen LogP contribution in [0.1, 0.15) is 11.1 Å². The molecule has 23 heavy (non-hydrogen) atoms. The fourth-order valence-corrected chi connectivity index (χ4v) is 3.00. The van der Waals surface area contributed by atoms with Crippen LogP contribution in [-0.4, -0.2) is 37.1 Å². The van der Waals surface area contributed by atoms with E-state index in [9.17, 15) is 4.79 Å². The summed E-state index contributed by atoms with van der Waals surface area (Å²) in [4.78, 5) is 16.7. The Kier molecular flexibility index (Phi) is 4.51. The van der Waals surface area contributed by atoms with Crippen molar-refractivity contribution in [2.75, 3.05) is 36.4 Å². The first-order chi connectivity index (χ1) is 11.1. The van der Waals surface area contributed by atoms with Crippen LogP contribution >= 0.6 is 0 Å². The van der Waals surface area contributed by atoms with Crippen LogP contribution in [0.2, 0.25) is 0 Å². The highest BCUT2D eigenvalue weighted by Gasteiger charge is 2.21. The zero-order chi connectivity index (χ0) is 16.2. The number of carbonyl (C=O) groups excluding carboxylic acids is 1. The van der Waals surface area contributed by atoms with Gasteiger partial charge in [0.2, 0.25) is 0 Å². The lowest BCUT2D eigenvalue weighted by Gasteiger charge is -2.36. The fraction of sp³-hybridized carbons (Fsp3) is 0.316. The molecule has 2 aromatic carbocycles. The Bertz CT molecular complexity index is 656. The molecule has 0 aliphatic carbocycles. The molecule has 1 N–H and O–H groups in total. The van der Waals surface area contributed by atoms with Gasteiger partial charge in [-0.1, -0.05) is 36.4 Å². The second-order valence-electron chi connectivity index (χ2n) is 6.01. The monoisotopic (exact) mass is 309 g/mol. The highest BCUT2D eigenvalue weighted by Crippen LogP contribution is 2.21. The van der Waals surface area contributed by atoms with E-state index in [0.29, 0.717) is 0 Å². The molecule has 0 unspecified atom stereocenters. The molecule has 0 bridgehead atoms. The predicted octanol–water partition coefficient (Wildman–Crippen LogP) is 3.66. The molecule has 1 heterocycles. The molecular weight excluding hydrogens is 286 g/mol. The van der Waals surface area contributed by atoms with E-state index in [2.05, 4.69) is 34.5 Å². The summed E-state index contributed by atoms with van der Waals surface area (Å²) in [6, 6.07) is 16.4. The van der Waals surface area contributed by atoms with E-state index in [-0.39, 0.29) is 6.03 Å². The van der Waals surface area contributed by atoms with Crippen molar-refractivity contribution >= 4 is 17.4 Å². The Hall–Kier alpha value is -2.49. The number of piperazine rings is 1. The van der Waals surface area contributed by atoms with Crippen LogP contribution in [0, 0.1) is 13.8 Å². The lowest BCUT2D eigenvalue weighted by atomic mass is 10.1. The van der Waals surface area contributed by atoms with E-state index in [1.54, 1.807) is 0 Å². The number of urea groups is 1. The average molecular weight is 309 g/mol. The van der Waals surface area contributed by atoms with Crippen molar-refractivity contribution in [3.05, 3.63) is 59.7 Å². The molecule has 0 spiro atoms. The number of rotatable bonds is 2. The summed E-state index contributed by atoms with van der Waals surface area (Å²) in [6.07, 6.45) is 0. The van der Waals surface area contributed by atoms with Crippen LogP contribution in [0.5, 0.6) is 0 Å². The van der Waals surface area contributed by atoms with Gasteiger partial charge in [0.05, 0.1) is 0 Å². The number of amides is 2. The van der Waals surface area contributed by atoms with Crippen LogP contribution in [0.25, 0.3) is 0 Å². The number of anilines is 2. The number of nitrogens with zero attached hydrogens (tertiary/aromatic N) is 2. The van der Waals surface area contributed by atoms with Gasteiger partial charge in [-0.3, -0.25) is 0 Å². The molecule has 1 aliphatic heterocycles. The Morgan fingerprint density at radius 1 is 0.870 bits per heavy atom. The summed E-state index contributed by atoms with van der Waals surface area (Å²) in [5, 5.41) is 3.07. The minimum Gasteiger partial charge on any atom is -0.368 e. The predicted molar refractivity (Wildman–Crippen MR) is 95.2 cm³/mol. The summed E-state index contributed by atoms with van der Waals surface area (Å²) >= 11 is 0. The molecule has 4 nitrogen and oxygen atoms in total. The molecule has 120 valence electrons. The van der Waals surface area contributed by atoms with Gasteiger partial charge in [-0.15, -0.1) is 0 Å². The van der Waals surface area contributed by atoms with Crippen molar-refractivity contribution in [3.63, 3.8) is 0 Å². The number of benzene rings is 2. The number of hydrogen-bond acceptors (Lipinski definition) is 2. The first kappa shape index (κ1) is 15.4. The Morgan fingerprint density at radius 3 is 2.09 bits per heavy atom. The smallest absolute Gasteiger partial charge is 0.321 e. The fourth-order valence-electron chi connectivity index (χ4n) is 3.00. The molecule has 2 aromatic rings. The topological polar surface area (TPSA) is 35.6 Å². The Balaban J connectivity index is 1.60. The second kappa shape index (κ2) is 6.73. The SMILES string of the molecule is Cc1cccc(C)c1NC(=O)N1CCN(c2ccccc2)CC1. The van der Waals surface area contributed by atoms with Crippen molar-refractivity contribution in [2.45, 2.75) is 13.8 Å². The van der Waals surface area contributed by atoms with E-state index in [4.69, 9.17) is 0 Å². The van der Waals surface area contributed by atoms with Gasteiger partial charge in [-0.2, -0.15) is 0 Å². The maximum Gasteiger partial charge on any atom is 0.321 e. The summed E-state index contributed by atoms with van der Waals surface area (Å²) in [5.41, 5.74) is 4.35. The molecule has 1 aliphatic rings. The first-order valence-corrected chi connectivity index (χ1v) is 8.07. The van der Waals surface area contributed by atoms with Crippen molar-refractivity contribution in [3.8, 4) is 0 Å². The average Bonchev–Trinajstić information content (AvgIpc) is 2.59. The van der Waals surface area contributed by atoms with E-state index in [0.717, 1.165) is 43.0 Å². The largest absolute Gasteiger partial charge is 0.368 e. The molecule has 1 saturated heterocycles. The zero-order valence-corrected chi connectivity index (χ0v) is 13.7. The Morgan fingerprint density at radius 2 is 1.48 bits per heavy atom. The maximum atomic E-state index is 12.5. The van der Waals surface area contributed by atoms with Gasteiger partial charge >= 0.3 is 6.03 Å². The van der Waals surface area contributed by atoms with Crippen LogP contribution < -0.4 is 10.2 Å². The van der Waals surface area contributed by atoms with Crippen molar-refractivity contribution < 1.29 is 4.79 Å². The van der Waals surface area contributed by atoms with Gasteiger partial charge in [0.15, 0.2) is 0 Å². The molecule has 0 saturated carbocycles. The van der Waals surface area contributed by atoms with Gasteiger partial charge in [0.25, 0.3) is 0 Å². The summed E-state index contributed by atoms with van der Waals surface area (Å²) in [7, 11) is 0. The highest BCUT2D eigenvalue weighted by molar-refractivity contribution is 5.91.